The summed E-state index contributed by atoms with van der Waals surface area (Å²) in [5, 5.41) is 3.05. The molecule has 1 aromatic rings. The average molecular weight is 282 g/mol. The summed E-state index contributed by atoms with van der Waals surface area (Å²) in [5.74, 6) is -0.663. The molecule has 1 aliphatic heterocycles. The van der Waals surface area contributed by atoms with Crippen LogP contribution in [0.3, 0.4) is 0 Å². The maximum absolute atomic E-state index is 11.7. The molecule has 1 fully saturated rings. The van der Waals surface area contributed by atoms with E-state index in [0.717, 1.165) is 5.56 Å². The van der Waals surface area contributed by atoms with Crippen LogP contribution in [0.5, 0.6) is 0 Å². The van der Waals surface area contributed by atoms with E-state index >= 15 is 0 Å². The summed E-state index contributed by atoms with van der Waals surface area (Å²) in [6.07, 6.45) is 0.932. The number of carbonyl (C=O) groups excluding carboxylic acids is 1. The summed E-state index contributed by atoms with van der Waals surface area (Å²) in [7, 11) is -3.20. The highest BCUT2D eigenvalue weighted by atomic mass is 32.2. The highest BCUT2D eigenvalue weighted by Gasteiger charge is 2.43. The van der Waals surface area contributed by atoms with Crippen LogP contribution in [0.1, 0.15) is 18.4 Å². The van der Waals surface area contributed by atoms with Crippen LogP contribution in [-0.4, -0.2) is 31.4 Å². The lowest BCUT2D eigenvalue weighted by Crippen LogP contribution is -2.61. The fourth-order valence-corrected chi connectivity index (χ4v) is 4.27. The Bertz CT molecular complexity index is 557. The summed E-state index contributed by atoms with van der Waals surface area (Å²) < 4.78 is 23.5. The predicted molar refractivity (Wildman–Crippen MR) is 73.1 cm³/mol. The van der Waals surface area contributed by atoms with Gasteiger partial charge in [0.2, 0.25) is 5.91 Å². The monoisotopic (exact) mass is 282 g/mol. The standard InChI is InChI=1S/C13H18N2O3S/c14-12(16)13(7-4-8-19(17,18)10-13)15-9-11-5-2-1-3-6-11/h1-3,5-6,15H,4,7-10H2,(H2,14,16). The maximum Gasteiger partial charge on any atom is 0.238 e. The van der Waals surface area contributed by atoms with Crippen LogP contribution in [0.4, 0.5) is 0 Å². The van der Waals surface area contributed by atoms with Crippen molar-refractivity contribution in [2.75, 3.05) is 11.5 Å². The molecule has 19 heavy (non-hydrogen) atoms. The maximum atomic E-state index is 11.7. The van der Waals surface area contributed by atoms with Gasteiger partial charge in [0.1, 0.15) is 5.54 Å². The van der Waals surface area contributed by atoms with Gasteiger partial charge in [-0.15, -0.1) is 0 Å². The predicted octanol–water partition coefficient (Wildman–Crippen LogP) is 0.209. The molecule has 0 spiro atoms. The number of nitrogens with two attached hydrogens (primary N) is 1. The Labute approximate surface area is 113 Å². The van der Waals surface area contributed by atoms with Crippen molar-refractivity contribution in [3.8, 4) is 0 Å². The Morgan fingerprint density at radius 1 is 1.32 bits per heavy atom. The Morgan fingerprint density at radius 2 is 2.00 bits per heavy atom. The molecular formula is C13H18N2O3S. The van der Waals surface area contributed by atoms with Gasteiger partial charge >= 0.3 is 0 Å². The lowest BCUT2D eigenvalue weighted by Gasteiger charge is -2.34. The fourth-order valence-electron chi connectivity index (χ4n) is 2.40. The lowest BCUT2D eigenvalue weighted by atomic mass is 9.94. The molecule has 0 aromatic heterocycles. The van der Waals surface area contributed by atoms with Crippen molar-refractivity contribution in [1.29, 1.82) is 0 Å². The van der Waals surface area contributed by atoms with Crippen molar-refractivity contribution in [1.82, 2.24) is 5.32 Å². The third kappa shape index (κ3) is 3.33. The number of carbonyl (C=O) groups is 1. The first kappa shape index (κ1) is 14.0. The second kappa shape index (κ2) is 5.30. The second-order valence-corrected chi connectivity index (χ2v) is 7.17. The summed E-state index contributed by atoms with van der Waals surface area (Å²) in [6, 6.07) is 9.52. The first-order chi connectivity index (χ1) is 8.94. The van der Waals surface area contributed by atoms with Crippen LogP contribution >= 0.6 is 0 Å². The highest BCUT2D eigenvalue weighted by Crippen LogP contribution is 2.23. The third-order valence-electron chi connectivity index (χ3n) is 3.47. The normalized spacial score (nSPS) is 25.9. The number of hydrogen-bond acceptors (Lipinski definition) is 4. The molecule has 3 N–H and O–H groups in total. The number of nitrogens with one attached hydrogen (secondary N) is 1. The number of sulfone groups is 1. The van der Waals surface area contributed by atoms with E-state index < -0.39 is 21.3 Å². The van der Waals surface area contributed by atoms with Crippen molar-refractivity contribution in [3.63, 3.8) is 0 Å². The molecule has 104 valence electrons. The molecular weight excluding hydrogens is 264 g/mol. The van der Waals surface area contributed by atoms with E-state index in [1.54, 1.807) is 0 Å². The molecule has 0 aliphatic carbocycles. The van der Waals surface area contributed by atoms with Gasteiger partial charge in [-0.3, -0.25) is 10.1 Å². The molecule has 1 aromatic carbocycles. The number of benzene rings is 1. The number of rotatable bonds is 4. The van der Waals surface area contributed by atoms with Crippen molar-refractivity contribution >= 4 is 15.7 Å². The molecule has 5 nitrogen and oxygen atoms in total. The van der Waals surface area contributed by atoms with Crippen LogP contribution < -0.4 is 11.1 Å². The van der Waals surface area contributed by atoms with Crippen molar-refractivity contribution in [2.24, 2.45) is 5.73 Å². The molecule has 2 rings (SSSR count). The molecule has 1 amide bonds. The van der Waals surface area contributed by atoms with Crippen LogP contribution in [0, 0.1) is 0 Å². The van der Waals surface area contributed by atoms with Crippen LogP contribution in [-0.2, 0) is 21.2 Å². The summed E-state index contributed by atoms with van der Waals surface area (Å²) in [4.78, 5) is 11.7. The zero-order chi connectivity index (χ0) is 13.9. The molecule has 1 atom stereocenters. The average Bonchev–Trinajstić information content (AvgIpc) is 2.36. The van der Waals surface area contributed by atoms with Crippen molar-refractivity contribution < 1.29 is 13.2 Å². The molecule has 1 unspecified atom stereocenters. The van der Waals surface area contributed by atoms with Gasteiger partial charge in [0.15, 0.2) is 9.84 Å². The molecule has 1 saturated heterocycles. The van der Waals surface area contributed by atoms with E-state index in [0.29, 0.717) is 19.4 Å². The van der Waals surface area contributed by atoms with E-state index in [2.05, 4.69) is 5.32 Å². The first-order valence-electron chi connectivity index (χ1n) is 6.23. The quantitative estimate of drug-likeness (QED) is 0.826. The van der Waals surface area contributed by atoms with E-state index in [4.69, 9.17) is 5.73 Å². The minimum atomic E-state index is -3.20. The number of amides is 1. The molecule has 0 radical (unpaired) electrons. The SMILES string of the molecule is NC(=O)C1(NCc2ccccc2)CCCS(=O)(=O)C1. The van der Waals surface area contributed by atoms with Gasteiger partial charge < -0.3 is 5.73 Å². The van der Waals surface area contributed by atoms with Crippen molar-refractivity contribution in [3.05, 3.63) is 35.9 Å². The molecule has 1 aliphatic rings. The van der Waals surface area contributed by atoms with Gasteiger partial charge in [0.05, 0.1) is 11.5 Å². The fraction of sp³-hybridized carbons (Fsp3) is 0.462. The van der Waals surface area contributed by atoms with E-state index in [1.807, 2.05) is 30.3 Å². The van der Waals surface area contributed by atoms with Gasteiger partial charge in [-0.2, -0.15) is 0 Å². The van der Waals surface area contributed by atoms with Crippen LogP contribution in [0.25, 0.3) is 0 Å². The Balaban J connectivity index is 2.14. The minimum absolute atomic E-state index is 0.134. The van der Waals surface area contributed by atoms with Gasteiger partial charge in [-0.25, -0.2) is 8.42 Å². The lowest BCUT2D eigenvalue weighted by molar-refractivity contribution is -0.124. The molecule has 0 saturated carbocycles. The minimum Gasteiger partial charge on any atom is -0.368 e. The van der Waals surface area contributed by atoms with Crippen LogP contribution in [0.2, 0.25) is 0 Å². The smallest absolute Gasteiger partial charge is 0.238 e. The van der Waals surface area contributed by atoms with E-state index in [9.17, 15) is 13.2 Å². The highest BCUT2D eigenvalue weighted by molar-refractivity contribution is 7.91. The molecule has 0 bridgehead atoms. The summed E-state index contributed by atoms with van der Waals surface area (Å²) in [6.45, 7) is 0.430. The Kier molecular flexibility index (Phi) is 3.91. The first-order valence-corrected chi connectivity index (χ1v) is 8.05. The number of primary amides is 1. The zero-order valence-electron chi connectivity index (χ0n) is 10.6. The van der Waals surface area contributed by atoms with Gasteiger partial charge in [0.25, 0.3) is 0 Å². The topological polar surface area (TPSA) is 89.3 Å². The molecule has 1 heterocycles. The summed E-state index contributed by atoms with van der Waals surface area (Å²) in [5.41, 5.74) is 5.28. The Hall–Kier alpha value is -1.40. The van der Waals surface area contributed by atoms with Gasteiger partial charge in [-0.1, -0.05) is 30.3 Å². The second-order valence-electron chi connectivity index (χ2n) is 4.98. The number of hydrogen-bond donors (Lipinski definition) is 2. The zero-order valence-corrected chi connectivity index (χ0v) is 11.4. The van der Waals surface area contributed by atoms with E-state index in [-0.39, 0.29) is 11.5 Å². The van der Waals surface area contributed by atoms with E-state index in [1.165, 1.54) is 0 Å². The molecule has 6 heteroatoms. The van der Waals surface area contributed by atoms with Gasteiger partial charge in [0, 0.05) is 6.54 Å². The largest absolute Gasteiger partial charge is 0.368 e. The third-order valence-corrected chi connectivity index (χ3v) is 5.31. The van der Waals surface area contributed by atoms with Crippen molar-refractivity contribution in [2.45, 2.75) is 24.9 Å². The van der Waals surface area contributed by atoms with Gasteiger partial charge in [-0.05, 0) is 18.4 Å². The summed E-state index contributed by atoms with van der Waals surface area (Å²) >= 11 is 0. The Morgan fingerprint density at radius 3 is 2.58 bits per heavy atom. The van der Waals surface area contributed by atoms with Crippen LogP contribution in [0.15, 0.2) is 30.3 Å².